The molecule has 33 heavy (non-hydrogen) atoms. The molecular weight excluding hydrogens is 438 g/mol. The van der Waals surface area contributed by atoms with E-state index in [4.69, 9.17) is 10.5 Å². The molecule has 8 heteroatoms. The number of aryl methyl sites for hydroxylation is 1. The standard InChI is InChI=1S/C25H29N3O4S/c1-18-9-13-22(14-10-18)32-23-15-11-21(12-16-23)28(33(3,30)31)17-24(25(26)29)27-19(2)20-7-5-4-6-8-20/h4-16,19,24,27H,17H2,1-3H3,(H2,26,29)/t19-,24-/m0/s1. The van der Waals surface area contributed by atoms with E-state index in [0.717, 1.165) is 17.4 Å². The summed E-state index contributed by atoms with van der Waals surface area (Å²) in [4.78, 5) is 12.2. The minimum atomic E-state index is -3.68. The fourth-order valence-electron chi connectivity index (χ4n) is 3.39. The van der Waals surface area contributed by atoms with Crippen molar-refractivity contribution in [2.24, 2.45) is 5.73 Å². The summed E-state index contributed by atoms with van der Waals surface area (Å²) in [5, 5.41) is 3.15. The summed E-state index contributed by atoms with van der Waals surface area (Å²) in [5.74, 6) is 0.616. The van der Waals surface area contributed by atoms with Gasteiger partial charge < -0.3 is 10.5 Å². The summed E-state index contributed by atoms with van der Waals surface area (Å²) >= 11 is 0. The van der Waals surface area contributed by atoms with Crippen molar-refractivity contribution in [3.05, 3.63) is 90.0 Å². The number of nitrogens with zero attached hydrogens (tertiary/aromatic N) is 1. The molecule has 1 amide bonds. The van der Waals surface area contributed by atoms with E-state index in [1.807, 2.05) is 68.4 Å². The van der Waals surface area contributed by atoms with Gasteiger partial charge in [0.2, 0.25) is 15.9 Å². The van der Waals surface area contributed by atoms with Crippen LogP contribution in [0.4, 0.5) is 5.69 Å². The van der Waals surface area contributed by atoms with Crippen LogP contribution in [0.15, 0.2) is 78.9 Å². The van der Waals surface area contributed by atoms with Crippen LogP contribution in [-0.4, -0.2) is 33.2 Å². The van der Waals surface area contributed by atoms with Gasteiger partial charge in [0.25, 0.3) is 0 Å². The topological polar surface area (TPSA) is 102 Å². The van der Waals surface area contributed by atoms with Crippen LogP contribution in [0.2, 0.25) is 0 Å². The van der Waals surface area contributed by atoms with Gasteiger partial charge in [-0.2, -0.15) is 0 Å². The molecule has 0 aliphatic carbocycles. The highest BCUT2D eigenvalue weighted by molar-refractivity contribution is 7.92. The van der Waals surface area contributed by atoms with Crippen molar-refractivity contribution in [2.75, 3.05) is 17.1 Å². The van der Waals surface area contributed by atoms with E-state index >= 15 is 0 Å². The second-order valence-corrected chi connectivity index (χ2v) is 9.86. The lowest BCUT2D eigenvalue weighted by atomic mass is 10.1. The maximum absolute atomic E-state index is 12.6. The van der Waals surface area contributed by atoms with E-state index in [1.165, 1.54) is 4.31 Å². The summed E-state index contributed by atoms with van der Waals surface area (Å²) in [5.41, 5.74) is 8.11. The lowest BCUT2D eigenvalue weighted by Gasteiger charge is -2.28. The number of hydrogen-bond acceptors (Lipinski definition) is 5. The predicted octanol–water partition coefficient (Wildman–Crippen LogP) is 3.76. The number of carbonyl (C=O) groups is 1. The summed E-state index contributed by atoms with van der Waals surface area (Å²) in [7, 11) is -3.68. The van der Waals surface area contributed by atoms with Gasteiger partial charge in [-0.3, -0.25) is 14.4 Å². The summed E-state index contributed by atoms with van der Waals surface area (Å²) in [6.07, 6.45) is 1.10. The number of amides is 1. The van der Waals surface area contributed by atoms with Gasteiger partial charge in [0.05, 0.1) is 18.5 Å². The largest absolute Gasteiger partial charge is 0.457 e. The molecule has 0 aliphatic heterocycles. The number of nitrogens with one attached hydrogen (secondary N) is 1. The van der Waals surface area contributed by atoms with Crippen molar-refractivity contribution < 1.29 is 17.9 Å². The Morgan fingerprint density at radius 1 is 0.970 bits per heavy atom. The van der Waals surface area contributed by atoms with Crippen molar-refractivity contribution in [3.63, 3.8) is 0 Å². The Bertz CT molecular complexity index is 1160. The van der Waals surface area contributed by atoms with Crippen LogP contribution in [0, 0.1) is 6.92 Å². The Kier molecular flexibility index (Phi) is 7.73. The van der Waals surface area contributed by atoms with E-state index in [2.05, 4.69) is 5.32 Å². The van der Waals surface area contributed by atoms with Gasteiger partial charge in [0, 0.05) is 6.04 Å². The van der Waals surface area contributed by atoms with Crippen LogP contribution in [0.5, 0.6) is 11.5 Å². The fraction of sp³-hybridized carbons (Fsp3) is 0.240. The number of carbonyl (C=O) groups excluding carboxylic acids is 1. The SMILES string of the molecule is Cc1ccc(Oc2ccc(N(C[C@H](N[C@@H](C)c3ccccc3)C(N)=O)S(C)(=O)=O)cc2)cc1. The Labute approximate surface area is 195 Å². The first kappa shape index (κ1) is 24.3. The second kappa shape index (κ2) is 10.5. The highest BCUT2D eigenvalue weighted by Crippen LogP contribution is 2.26. The van der Waals surface area contributed by atoms with Crippen LogP contribution in [-0.2, 0) is 14.8 Å². The number of primary amides is 1. The molecule has 0 spiro atoms. The minimum Gasteiger partial charge on any atom is -0.457 e. The number of anilines is 1. The second-order valence-electron chi connectivity index (χ2n) is 7.96. The van der Waals surface area contributed by atoms with Gasteiger partial charge in [-0.25, -0.2) is 8.42 Å². The van der Waals surface area contributed by atoms with E-state index in [0.29, 0.717) is 17.2 Å². The molecule has 0 bridgehead atoms. The van der Waals surface area contributed by atoms with Gasteiger partial charge in [-0.15, -0.1) is 0 Å². The average Bonchev–Trinajstić information content (AvgIpc) is 2.78. The van der Waals surface area contributed by atoms with Gasteiger partial charge in [-0.05, 0) is 55.8 Å². The smallest absolute Gasteiger partial charge is 0.236 e. The van der Waals surface area contributed by atoms with E-state index in [-0.39, 0.29) is 12.6 Å². The molecule has 0 saturated carbocycles. The molecule has 0 heterocycles. The maximum Gasteiger partial charge on any atom is 0.236 e. The molecule has 3 rings (SSSR count). The summed E-state index contributed by atoms with van der Waals surface area (Å²) < 4.78 is 32.1. The molecular formula is C25H29N3O4S. The molecule has 174 valence electrons. The van der Waals surface area contributed by atoms with E-state index in [9.17, 15) is 13.2 Å². The Hall–Kier alpha value is -3.36. The molecule has 3 aromatic carbocycles. The molecule has 2 atom stereocenters. The van der Waals surface area contributed by atoms with Crippen LogP contribution < -0.4 is 20.1 Å². The molecule has 3 N–H and O–H groups in total. The molecule has 0 aromatic heterocycles. The van der Waals surface area contributed by atoms with Crippen molar-refractivity contribution in [3.8, 4) is 11.5 Å². The first-order valence-corrected chi connectivity index (χ1v) is 12.4. The Morgan fingerprint density at radius 3 is 2.03 bits per heavy atom. The summed E-state index contributed by atoms with van der Waals surface area (Å²) in [6, 6.07) is 22.7. The van der Waals surface area contributed by atoms with Crippen LogP contribution in [0.3, 0.4) is 0 Å². The molecule has 7 nitrogen and oxygen atoms in total. The maximum atomic E-state index is 12.6. The lowest BCUT2D eigenvalue weighted by Crippen LogP contribution is -2.51. The van der Waals surface area contributed by atoms with Crippen molar-refractivity contribution >= 4 is 21.6 Å². The zero-order valence-electron chi connectivity index (χ0n) is 18.9. The number of hydrogen-bond donors (Lipinski definition) is 2. The van der Waals surface area contributed by atoms with Gasteiger partial charge >= 0.3 is 0 Å². The van der Waals surface area contributed by atoms with E-state index < -0.39 is 22.0 Å². The number of ether oxygens (including phenoxy) is 1. The van der Waals surface area contributed by atoms with Crippen LogP contribution in [0.1, 0.15) is 24.1 Å². The number of sulfonamides is 1. The molecule has 0 saturated heterocycles. The number of nitrogens with two attached hydrogens (primary N) is 1. The van der Waals surface area contributed by atoms with E-state index in [1.54, 1.807) is 24.3 Å². The van der Waals surface area contributed by atoms with Gasteiger partial charge in [0.15, 0.2) is 0 Å². The minimum absolute atomic E-state index is 0.135. The quantitative estimate of drug-likeness (QED) is 0.473. The lowest BCUT2D eigenvalue weighted by molar-refractivity contribution is -0.119. The number of benzene rings is 3. The average molecular weight is 468 g/mol. The fourth-order valence-corrected chi connectivity index (χ4v) is 4.31. The summed E-state index contributed by atoms with van der Waals surface area (Å²) in [6.45, 7) is 3.75. The van der Waals surface area contributed by atoms with Crippen molar-refractivity contribution in [1.29, 1.82) is 0 Å². The van der Waals surface area contributed by atoms with Crippen molar-refractivity contribution in [2.45, 2.75) is 25.9 Å². The third kappa shape index (κ3) is 6.81. The molecule has 0 fully saturated rings. The zero-order chi connectivity index (χ0) is 24.0. The highest BCUT2D eigenvalue weighted by Gasteiger charge is 2.27. The first-order chi connectivity index (χ1) is 15.6. The first-order valence-electron chi connectivity index (χ1n) is 10.6. The Morgan fingerprint density at radius 2 is 1.52 bits per heavy atom. The third-order valence-corrected chi connectivity index (χ3v) is 6.38. The van der Waals surface area contributed by atoms with Crippen molar-refractivity contribution in [1.82, 2.24) is 5.32 Å². The molecule has 3 aromatic rings. The van der Waals surface area contributed by atoms with Gasteiger partial charge in [-0.1, -0.05) is 48.0 Å². The molecule has 0 radical (unpaired) electrons. The Balaban J connectivity index is 1.78. The third-order valence-electron chi connectivity index (χ3n) is 5.22. The van der Waals surface area contributed by atoms with Crippen LogP contribution >= 0.6 is 0 Å². The van der Waals surface area contributed by atoms with Crippen LogP contribution in [0.25, 0.3) is 0 Å². The normalized spacial score (nSPS) is 13.2. The predicted molar refractivity (Wildman–Crippen MR) is 131 cm³/mol. The monoisotopic (exact) mass is 467 g/mol. The zero-order valence-corrected chi connectivity index (χ0v) is 19.7. The highest BCUT2D eigenvalue weighted by atomic mass is 32.2. The molecule has 0 unspecified atom stereocenters. The molecule has 0 aliphatic rings. The number of rotatable bonds is 10. The van der Waals surface area contributed by atoms with Gasteiger partial charge in [0.1, 0.15) is 17.5 Å².